The van der Waals surface area contributed by atoms with Gasteiger partial charge in [-0.1, -0.05) is 136 Å². The van der Waals surface area contributed by atoms with Crippen molar-refractivity contribution in [3.05, 3.63) is 0 Å². The van der Waals surface area contributed by atoms with Crippen LogP contribution < -0.4 is 0 Å². The Bertz CT molecular complexity index is 739. The van der Waals surface area contributed by atoms with Crippen LogP contribution in [-0.2, 0) is 18.9 Å². The number of carbonyl (C=O) groups is 2. The molecule has 1 atom stereocenters. The van der Waals surface area contributed by atoms with Gasteiger partial charge in [0, 0.05) is 19.7 Å². The number of aliphatic hydroxyl groups excluding tert-OH is 2. The second-order valence-electron chi connectivity index (χ2n) is 15.0. The first kappa shape index (κ1) is 50.4. The van der Waals surface area contributed by atoms with E-state index in [2.05, 4.69) is 25.7 Å². The largest absolute Gasteiger partial charge is 0.508 e. The minimum absolute atomic E-state index is 0.0355. The topological polar surface area (TPSA) is 115 Å². The first-order valence-electron chi connectivity index (χ1n) is 22.1. The van der Waals surface area contributed by atoms with Crippen molar-refractivity contribution in [1.82, 2.24) is 4.90 Å². The van der Waals surface area contributed by atoms with Crippen LogP contribution in [-0.4, -0.2) is 85.7 Å². The minimum atomic E-state index is -0.598. The quantitative estimate of drug-likeness (QED) is 0.0467. The summed E-state index contributed by atoms with van der Waals surface area (Å²) in [5.41, 5.74) is 0. The molecule has 0 fully saturated rings. The predicted molar refractivity (Wildman–Crippen MR) is 214 cm³/mol. The van der Waals surface area contributed by atoms with Gasteiger partial charge >= 0.3 is 12.3 Å². The summed E-state index contributed by atoms with van der Waals surface area (Å²) in [7, 11) is 0. The Balaban J connectivity index is 4.13. The zero-order chi connectivity index (χ0) is 38.2. The molecule has 0 radical (unpaired) electrons. The van der Waals surface area contributed by atoms with Crippen LogP contribution in [0.15, 0.2) is 0 Å². The van der Waals surface area contributed by atoms with E-state index in [-0.39, 0.29) is 12.7 Å². The molecule has 0 aliphatic carbocycles. The highest BCUT2D eigenvalue weighted by Crippen LogP contribution is 2.18. The highest BCUT2D eigenvalue weighted by molar-refractivity contribution is 5.60. The van der Waals surface area contributed by atoms with E-state index in [9.17, 15) is 19.8 Å². The molecule has 0 saturated heterocycles. The Morgan fingerprint density at radius 3 is 1.37 bits per heavy atom. The number of rotatable bonds is 40. The van der Waals surface area contributed by atoms with Crippen LogP contribution in [0.25, 0.3) is 0 Å². The summed E-state index contributed by atoms with van der Waals surface area (Å²) in [6.45, 7) is 10.1. The molecule has 0 aromatic carbocycles. The van der Waals surface area contributed by atoms with Crippen LogP contribution in [0.1, 0.15) is 207 Å². The molecular formula is C43H85NO8. The van der Waals surface area contributed by atoms with Crippen LogP contribution in [0.4, 0.5) is 9.59 Å². The molecule has 0 bridgehead atoms. The molecule has 0 spiro atoms. The van der Waals surface area contributed by atoms with Crippen LogP contribution in [0.3, 0.4) is 0 Å². The molecule has 0 rings (SSSR count). The summed E-state index contributed by atoms with van der Waals surface area (Å²) in [5.74, 6) is 0. The Morgan fingerprint density at radius 1 is 0.481 bits per heavy atom. The fraction of sp³-hybridized carbons (Fsp3) is 0.953. The SMILES string of the molecule is CCCCCCCCCOC(=O)OCCCCC(O)CN(CCCO)CCCCCCOC(=O)OC(CCCCCCCC)CCCCCCCC. The molecule has 52 heavy (non-hydrogen) atoms. The van der Waals surface area contributed by atoms with E-state index in [0.29, 0.717) is 45.6 Å². The number of carbonyl (C=O) groups excluding carboxylic acids is 2. The van der Waals surface area contributed by atoms with E-state index in [1.54, 1.807) is 0 Å². The first-order valence-corrected chi connectivity index (χ1v) is 22.1. The van der Waals surface area contributed by atoms with Crippen molar-refractivity contribution >= 4 is 12.3 Å². The van der Waals surface area contributed by atoms with E-state index >= 15 is 0 Å². The number of ether oxygens (including phenoxy) is 4. The zero-order valence-corrected chi connectivity index (χ0v) is 34.4. The van der Waals surface area contributed by atoms with Crippen molar-refractivity contribution < 1.29 is 38.7 Å². The standard InChI is InChI=1S/C43H85NO8/c1-4-7-10-13-16-20-26-36-49-42(47)50-38-28-24-30-40(46)39-44(34-29-35-45)33-25-19-21-27-37-51-43(48)52-41(31-22-17-14-11-8-5-2)32-23-18-15-12-9-6-3/h40-41,45-46H,4-39H2,1-3H3. The molecule has 0 aromatic heterocycles. The normalized spacial score (nSPS) is 12.1. The van der Waals surface area contributed by atoms with Gasteiger partial charge in [0.2, 0.25) is 0 Å². The lowest BCUT2D eigenvalue weighted by Crippen LogP contribution is -2.34. The second kappa shape index (κ2) is 40.6. The molecule has 0 aliphatic rings. The average molecular weight is 744 g/mol. The van der Waals surface area contributed by atoms with E-state index < -0.39 is 18.4 Å². The molecule has 9 nitrogen and oxygen atoms in total. The molecule has 0 heterocycles. The van der Waals surface area contributed by atoms with E-state index in [4.69, 9.17) is 18.9 Å². The molecule has 0 aromatic rings. The van der Waals surface area contributed by atoms with Crippen molar-refractivity contribution in [3.63, 3.8) is 0 Å². The summed E-state index contributed by atoms with van der Waals surface area (Å²) in [6, 6.07) is 0. The van der Waals surface area contributed by atoms with Gasteiger partial charge in [-0.05, 0) is 77.2 Å². The fourth-order valence-electron chi connectivity index (χ4n) is 6.56. The maximum atomic E-state index is 12.5. The molecule has 0 amide bonds. The van der Waals surface area contributed by atoms with Crippen LogP contribution in [0.5, 0.6) is 0 Å². The Hall–Kier alpha value is -1.58. The molecule has 0 saturated carbocycles. The summed E-state index contributed by atoms with van der Waals surface area (Å²) >= 11 is 0. The van der Waals surface area contributed by atoms with Crippen molar-refractivity contribution in [2.24, 2.45) is 0 Å². The predicted octanol–water partition coefficient (Wildman–Crippen LogP) is 11.7. The summed E-state index contributed by atoms with van der Waals surface area (Å²) < 4.78 is 21.6. The Morgan fingerprint density at radius 2 is 0.865 bits per heavy atom. The molecule has 2 N–H and O–H groups in total. The third kappa shape index (κ3) is 36.8. The van der Waals surface area contributed by atoms with E-state index in [0.717, 1.165) is 83.7 Å². The van der Waals surface area contributed by atoms with Crippen LogP contribution >= 0.6 is 0 Å². The number of unbranched alkanes of at least 4 members (excludes halogenated alkanes) is 20. The molecular weight excluding hydrogens is 658 g/mol. The average Bonchev–Trinajstić information content (AvgIpc) is 3.13. The molecule has 0 aliphatic heterocycles. The maximum absolute atomic E-state index is 12.5. The summed E-state index contributed by atoms with van der Waals surface area (Å²) in [6.07, 6.45) is 29.8. The van der Waals surface area contributed by atoms with Crippen molar-refractivity contribution in [3.8, 4) is 0 Å². The van der Waals surface area contributed by atoms with Crippen LogP contribution in [0, 0.1) is 0 Å². The minimum Gasteiger partial charge on any atom is -0.434 e. The Kier molecular flexibility index (Phi) is 39.4. The van der Waals surface area contributed by atoms with Crippen molar-refractivity contribution in [2.75, 3.05) is 46.1 Å². The third-order valence-electron chi connectivity index (χ3n) is 9.83. The fourth-order valence-corrected chi connectivity index (χ4v) is 6.56. The van der Waals surface area contributed by atoms with Gasteiger partial charge in [0.25, 0.3) is 0 Å². The van der Waals surface area contributed by atoms with Gasteiger partial charge in [-0.2, -0.15) is 0 Å². The lowest BCUT2D eigenvalue weighted by molar-refractivity contribution is 0.0154. The number of aliphatic hydroxyl groups is 2. The van der Waals surface area contributed by atoms with Gasteiger partial charge in [0.05, 0.1) is 25.9 Å². The van der Waals surface area contributed by atoms with Crippen molar-refractivity contribution in [2.45, 2.75) is 219 Å². The van der Waals surface area contributed by atoms with Gasteiger partial charge in [-0.3, -0.25) is 0 Å². The van der Waals surface area contributed by atoms with Gasteiger partial charge in [-0.15, -0.1) is 0 Å². The summed E-state index contributed by atoms with van der Waals surface area (Å²) in [4.78, 5) is 26.5. The second-order valence-corrected chi connectivity index (χ2v) is 15.0. The Labute approximate surface area is 320 Å². The van der Waals surface area contributed by atoms with E-state index in [1.807, 2.05) is 0 Å². The van der Waals surface area contributed by atoms with Gasteiger partial charge in [0.1, 0.15) is 6.10 Å². The monoisotopic (exact) mass is 744 g/mol. The highest BCUT2D eigenvalue weighted by Gasteiger charge is 2.16. The lowest BCUT2D eigenvalue weighted by Gasteiger charge is -2.25. The third-order valence-corrected chi connectivity index (χ3v) is 9.83. The van der Waals surface area contributed by atoms with Gasteiger partial charge in [0.15, 0.2) is 0 Å². The van der Waals surface area contributed by atoms with Gasteiger partial charge in [-0.25, -0.2) is 9.59 Å². The first-order chi connectivity index (χ1) is 25.5. The highest BCUT2D eigenvalue weighted by atomic mass is 16.7. The number of hydrogen-bond donors (Lipinski definition) is 2. The number of nitrogens with zero attached hydrogens (tertiary/aromatic N) is 1. The maximum Gasteiger partial charge on any atom is 0.508 e. The number of hydrogen-bond acceptors (Lipinski definition) is 9. The van der Waals surface area contributed by atoms with E-state index in [1.165, 1.54) is 96.3 Å². The van der Waals surface area contributed by atoms with Crippen LogP contribution in [0.2, 0.25) is 0 Å². The molecule has 1 unspecified atom stereocenters. The van der Waals surface area contributed by atoms with Gasteiger partial charge < -0.3 is 34.1 Å². The molecule has 9 heteroatoms. The summed E-state index contributed by atoms with van der Waals surface area (Å²) in [5, 5.41) is 20.0. The van der Waals surface area contributed by atoms with Crippen molar-refractivity contribution in [1.29, 1.82) is 0 Å². The zero-order valence-electron chi connectivity index (χ0n) is 34.4. The smallest absolute Gasteiger partial charge is 0.434 e. The lowest BCUT2D eigenvalue weighted by atomic mass is 10.0. The molecule has 310 valence electrons.